The minimum atomic E-state index is -4.30. The van der Waals surface area contributed by atoms with E-state index in [4.69, 9.17) is 11.6 Å². The van der Waals surface area contributed by atoms with Crippen molar-refractivity contribution in [3.63, 3.8) is 0 Å². The maximum Gasteiger partial charge on any atom is 0.456 e. The Bertz CT molecular complexity index is 1480. The number of hydrogen-bond acceptors (Lipinski definition) is 6. The minimum Gasteiger partial charge on any atom is -0.347 e. The molecule has 1 aliphatic heterocycles. The van der Waals surface area contributed by atoms with E-state index in [1.807, 2.05) is 30.3 Å². The van der Waals surface area contributed by atoms with E-state index in [0.29, 0.717) is 35.3 Å². The van der Waals surface area contributed by atoms with Crippen molar-refractivity contribution in [3.8, 4) is 11.3 Å². The van der Waals surface area contributed by atoms with Crippen LogP contribution in [0.25, 0.3) is 17.0 Å². The number of halogens is 4. The van der Waals surface area contributed by atoms with E-state index < -0.39 is 5.51 Å². The predicted octanol–water partition coefficient (Wildman–Crippen LogP) is 5.04. The molecule has 2 aliphatic rings. The fraction of sp³-hybridized carbons (Fsp3) is 0.333. The highest BCUT2D eigenvalue weighted by atomic mass is 35.5. The highest BCUT2D eigenvalue weighted by Crippen LogP contribution is 2.41. The number of carbonyl (C=O) groups is 1. The van der Waals surface area contributed by atoms with Gasteiger partial charge in [-0.05, 0) is 24.5 Å². The van der Waals surface area contributed by atoms with Crippen LogP contribution >= 0.6 is 23.5 Å². The summed E-state index contributed by atoms with van der Waals surface area (Å²) in [7, 11) is 0. The fourth-order valence-electron chi connectivity index (χ4n) is 4.46. The van der Waals surface area contributed by atoms with Crippen LogP contribution in [0.4, 0.5) is 13.2 Å². The van der Waals surface area contributed by atoms with Crippen LogP contribution in [0.5, 0.6) is 0 Å². The number of rotatable bonds is 6. The summed E-state index contributed by atoms with van der Waals surface area (Å²) in [5, 5.41) is 7.95. The standard InChI is InChI=1S/C24H21ClF3N7OS/c25-17-11-30-23-31-20(16-5-6-16)21(34(23)12-17)22(36)29-10-14-1-3-15(4-2-14)19-9-18-13-33(37-24(26,27)28)7-8-35(18)32-19/h1-4,9,11-12,16H,5-8,10,13H2,(H,29,36). The van der Waals surface area contributed by atoms with E-state index in [1.54, 1.807) is 15.3 Å². The number of hydrogen-bond donors (Lipinski definition) is 1. The summed E-state index contributed by atoms with van der Waals surface area (Å²) in [5.41, 5.74) is 0.100. The van der Waals surface area contributed by atoms with Crippen molar-refractivity contribution < 1.29 is 18.0 Å². The van der Waals surface area contributed by atoms with Crippen molar-refractivity contribution in [3.05, 3.63) is 70.4 Å². The zero-order valence-electron chi connectivity index (χ0n) is 19.4. The molecule has 1 fully saturated rings. The summed E-state index contributed by atoms with van der Waals surface area (Å²) >= 11 is 6.01. The average Bonchev–Trinajstić information content (AvgIpc) is 3.50. The van der Waals surface area contributed by atoms with Crippen molar-refractivity contribution in [2.45, 2.75) is 43.9 Å². The molecule has 8 nitrogen and oxygen atoms in total. The van der Waals surface area contributed by atoms with Crippen LogP contribution in [0.15, 0.2) is 42.7 Å². The Labute approximate surface area is 219 Å². The number of aromatic nitrogens is 5. The van der Waals surface area contributed by atoms with Gasteiger partial charge >= 0.3 is 5.51 Å². The van der Waals surface area contributed by atoms with Crippen LogP contribution in [-0.2, 0) is 19.6 Å². The number of fused-ring (bicyclic) bond motifs is 2. The second-order valence-electron chi connectivity index (χ2n) is 9.09. The van der Waals surface area contributed by atoms with Crippen LogP contribution in [-0.4, -0.2) is 46.4 Å². The van der Waals surface area contributed by atoms with Crippen LogP contribution < -0.4 is 5.32 Å². The number of benzene rings is 1. The number of carbonyl (C=O) groups excluding carboxylic acids is 1. The summed E-state index contributed by atoms with van der Waals surface area (Å²) in [6.07, 6.45) is 5.15. The maximum absolute atomic E-state index is 13.1. The Hall–Kier alpha value is -3.09. The Balaban J connectivity index is 1.14. The normalized spacial score (nSPS) is 16.2. The lowest BCUT2D eigenvalue weighted by Gasteiger charge is -2.26. The van der Waals surface area contributed by atoms with E-state index in [2.05, 4.69) is 20.4 Å². The van der Waals surface area contributed by atoms with Gasteiger partial charge in [0.25, 0.3) is 5.91 Å². The topological polar surface area (TPSA) is 80.3 Å². The van der Waals surface area contributed by atoms with Gasteiger partial charge in [-0.15, -0.1) is 0 Å². The molecule has 192 valence electrons. The number of amides is 1. The van der Waals surface area contributed by atoms with Crippen molar-refractivity contribution >= 4 is 35.2 Å². The Kier molecular flexibility index (Phi) is 6.12. The minimum absolute atomic E-state index is 0.0958. The third-order valence-electron chi connectivity index (χ3n) is 6.35. The predicted molar refractivity (Wildman–Crippen MR) is 133 cm³/mol. The smallest absolute Gasteiger partial charge is 0.347 e. The molecule has 0 atom stereocenters. The van der Waals surface area contributed by atoms with Crippen LogP contribution in [0.3, 0.4) is 0 Å². The van der Waals surface area contributed by atoms with Gasteiger partial charge in [0.2, 0.25) is 5.78 Å². The quantitative estimate of drug-likeness (QED) is 0.341. The molecule has 4 aromatic rings. The number of nitrogens with zero attached hydrogens (tertiary/aromatic N) is 6. The van der Waals surface area contributed by atoms with Gasteiger partial charge in [-0.25, -0.2) is 14.3 Å². The van der Waals surface area contributed by atoms with E-state index in [-0.39, 0.29) is 36.9 Å². The van der Waals surface area contributed by atoms with Crippen LogP contribution in [0.2, 0.25) is 5.02 Å². The third-order valence-corrected chi connectivity index (χ3v) is 7.32. The summed E-state index contributed by atoms with van der Waals surface area (Å²) in [6, 6.07) is 9.41. The van der Waals surface area contributed by atoms with Gasteiger partial charge in [0.15, 0.2) is 0 Å². The van der Waals surface area contributed by atoms with Crippen molar-refractivity contribution in [1.29, 1.82) is 0 Å². The first-order valence-electron chi connectivity index (χ1n) is 11.7. The monoisotopic (exact) mass is 547 g/mol. The molecule has 37 heavy (non-hydrogen) atoms. The van der Waals surface area contributed by atoms with Gasteiger partial charge in [-0.1, -0.05) is 35.9 Å². The summed E-state index contributed by atoms with van der Waals surface area (Å²) in [5.74, 6) is 0.467. The molecule has 1 saturated carbocycles. The number of imidazole rings is 1. The van der Waals surface area contributed by atoms with E-state index in [1.165, 1.54) is 10.5 Å². The van der Waals surface area contributed by atoms with Gasteiger partial charge in [0.05, 0.1) is 41.4 Å². The molecule has 0 saturated heterocycles. The van der Waals surface area contributed by atoms with Crippen molar-refractivity contribution in [1.82, 2.24) is 33.8 Å². The van der Waals surface area contributed by atoms with Gasteiger partial charge in [-0.2, -0.15) is 18.3 Å². The van der Waals surface area contributed by atoms with Gasteiger partial charge < -0.3 is 5.32 Å². The van der Waals surface area contributed by atoms with E-state index in [9.17, 15) is 18.0 Å². The molecule has 0 spiro atoms. The molecule has 0 radical (unpaired) electrons. The van der Waals surface area contributed by atoms with Crippen molar-refractivity contribution in [2.24, 2.45) is 0 Å². The first kappa shape index (κ1) is 24.3. The largest absolute Gasteiger partial charge is 0.456 e. The van der Waals surface area contributed by atoms with E-state index >= 15 is 0 Å². The third kappa shape index (κ3) is 5.18. The van der Waals surface area contributed by atoms with Gasteiger partial charge in [0.1, 0.15) is 5.69 Å². The van der Waals surface area contributed by atoms with E-state index in [0.717, 1.165) is 35.4 Å². The van der Waals surface area contributed by atoms with Gasteiger partial charge in [-0.3, -0.25) is 13.9 Å². The molecule has 1 aliphatic carbocycles. The molecule has 0 unspecified atom stereocenters. The molecule has 6 rings (SSSR count). The second kappa shape index (κ2) is 9.34. The lowest BCUT2D eigenvalue weighted by molar-refractivity contribution is -0.0367. The Morgan fingerprint density at radius 1 is 1.19 bits per heavy atom. The molecule has 13 heteroatoms. The molecule has 3 aromatic heterocycles. The molecule has 1 amide bonds. The first-order valence-corrected chi connectivity index (χ1v) is 12.9. The average molecular weight is 548 g/mol. The number of alkyl halides is 3. The molecular formula is C24H21ClF3N7OS. The Morgan fingerprint density at radius 2 is 1.97 bits per heavy atom. The maximum atomic E-state index is 13.1. The molecule has 1 N–H and O–H groups in total. The summed E-state index contributed by atoms with van der Waals surface area (Å²) < 4.78 is 42.9. The summed E-state index contributed by atoms with van der Waals surface area (Å²) in [6.45, 7) is 1.16. The second-order valence-corrected chi connectivity index (χ2v) is 10.7. The highest BCUT2D eigenvalue weighted by molar-refractivity contribution is 7.97. The molecule has 4 heterocycles. The zero-order chi connectivity index (χ0) is 25.7. The lowest BCUT2D eigenvalue weighted by atomic mass is 10.1. The fourth-order valence-corrected chi connectivity index (χ4v) is 5.27. The first-order chi connectivity index (χ1) is 17.7. The highest BCUT2D eigenvalue weighted by Gasteiger charge is 2.35. The molecular weight excluding hydrogens is 527 g/mol. The lowest BCUT2D eigenvalue weighted by Crippen LogP contribution is -2.31. The van der Waals surface area contributed by atoms with Gasteiger partial charge in [0, 0.05) is 42.7 Å². The van der Waals surface area contributed by atoms with Crippen LogP contribution in [0.1, 0.15) is 46.2 Å². The van der Waals surface area contributed by atoms with Crippen molar-refractivity contribution in [2.75, 3.05) is 6.54 Å². The van der Waals surface area contributed by atoms with Crippen LogP contribution in [0, 0.1) is 0 Å². The molecule has 0 bridgehead atoms. The zero-order valence-corrected chi connectivity index (χ0v) is 20.9. The Morgan fingerprint density at radius 3 is 2.70 bits per heavy atom. The number of nitrogens with one attached hydrogen (secondary N) is 1. The molecule has 1 aromatic carbocycles. The summed E-state index contributed by atoms with van der Waals surface area (Å²) in [4.78, 5) is 21.9. The SMILES string of the molecule is O=C(NCc1ccc(-c2cc3n(n2)CCN(SC(F)(F)F)C3)cc1)c1c(C2CC2)nc2ncc(Cl)cn12.